The summed E-state index contributed by atoms with van der Waals surface area (Å²) in [5, 5.41) is 13.2. The van der Waals surface area contributed by atoms with Crippen molar-refractivity contribution in [2.24, 2.45) is 0 Å². The first kappa shape index (κ1) is 11.2. The van der Waals surface area contributed by atoms with Gasteiger partial charge in [0, 0.05) is 23.7 Å². The fourth-order valence-corrected chi connectivity index (χ4v) is 2.66. The number of nitrogens with zero attached hydrogens (tertiary/aromatic N) is 2. The van der Waals surface area contributed by atoms with Gasteiger partial charge < -0.3 is 5.11 Å². The molecule has 4 heteroatoms. The maximum atomic E-state index is 10.8. The molecule has 0 radical (unpaired) electrons. The van der Waals surface area contributed by atoms with E-state index in [4.69, 9.17) is 5.11 Å². The maximum absolute atomic E-state index is 10.8. The van der Waals surface area contributed by atoms with Crippen molar-refractivity contribution in [3.8, 4) is 0 Å². The standard InChI is InChI=1S/C12H18N2O2/c1-2-14-12(9-5-3-4-6-9)10(8-13-14)7-11(15)16/h8-9H,2-7H2,1H3,(H,15,16). The van der Waals surface area contributed by atoms with Crippen LogP contribution in [0.5, 0.6) is 0 Å². The van der Waals surface area contributed by atoms with Gasteiger partial charge in [0.15, 0.2) is 0 Å². The molecule has 1 fully saturated rings. The first-order valence-electron chi connectivity index (χ1n) is 5.98. The van der Waals surface area contributed by atoms with Gasteiger partial charge in [0.2, 0.25) is 0 Å². The average molecular weight is 222 g/mol. The quantitative estimate of drug-likeness (QED) is 0.849. The fraction of sp³-hybridized carbons (Fsp3) is 0.667. The molecule has 0 atom stereocenters. The largest absolute Gasteiger partial charge is 0.481 e. The normalized spacial score (nSPS) is 16.8. The third-order valence-electron chi connectivity index (χ3n) is 3.34. The summed E-state index contributed by atoms with van der Waals surface area (Å²) in [7, 11) is 0. The van der Waals surface area contributed by atoms with Crippen LogP contribution in [0.15, 0.2) is 6.20 Å². The molecule has 0 bridgehead atoms. The van der Waals surface area contributed by atoms with E-state index in [0.29, 0.717) is 5.92 Å². The molecule has 1 aliphatic rings. The Hall–Kier alpha value is -1.32. The Bertz CT molecular complexity index is 378. The highest BCUT2D eigenvalue weighted by Gasteiger charge is 2.24. The molecule has 1 saturated carbocycles. The summed E-state index contributed by atoms with van der Waals surface area (Å²) < 4.78 is 1.97. The molecule has 0 unspecified atom stereocenters. The smallest absolute Gasteiger partial charge is 0.307 e. The average Bonchev–Trinajstić information content (AvgIpc) is 2.84. The lowest BCUT2D eigenvalue weighted by molar-refractivity contribution is -0.136. The predicted octanol–water partition coefficient (Wildman–Crippen LogP) is 2.19. The topological polar surface area (TPSA) is 55.1 Å². The summed E-state index contributed by atoms with van der Waals surface area (Å²) in [6.45, 7) is 2.88. The number of carboxylic acids is 1. The Morgan fingerprint density at radius 2 is 2.25 bits per heavy atom. The highest BCUT2D eigenvalue weighted by Crippen LogP contribution is 2.35. The molecule has 0 aromatic carbocycles. The van der Waals surface area contributed by atoms with Crippen molar-refractivity contribution in [1.29, 1.82) is 0 Å². The third kappa shape index (κ3) is 2.10. The molecule has 0 amide bonds. The molecule has 0 aliphatic heterocycles. The number of hydrogen-bond acceptors (Lipinski definition) is 2. The van der Waals surface area contributed by atoms with E-state index in [1.54, 1.807) is 6.20 Å². The van der Waals surface area contributed by atoms with Gasteiger partial charge >= 0.3 is 5.97 Å². The van der Waals surface area contributed by atoms with Crippen LogP contribution in [0.3, 0.4) is 0 Å². The van der Waals surface area contributed by atoms with Gasteiger partial charge in [-0.2, -0.15) is 5.10 Å². The van der Waals surface area contributed by atoms with E-state index in [-0.39, 0.29) is 6.42 Å². The molecule has 16 heavy (non-hydrogen) atoms. The van der Waals surface area contributed by atoms with Crippen LogP contribution in [0.2, 0.25) is 0 Å². The Labute approximate surface area is 95.3 Å². The lowest BCUT2D eigenvalue weighted by Crippen LogP contribution is -2.10. The molecule has 88 valence electrons. The van der Waals surface area contributed by atoms with Crippen LogP contribution in [-0.2, 0) is 17.8 Å². The second-order valence-electron chi connectivity index (χ2n) is 4.42. The molecular formula is C12H18N2O2. The molecule has 1 aliphatic carbocycles. The summed E-state index contributed by atoms with van der Waals surface area (Å²) in [4.78, 5) is 10.8. The van der Waals surface area contributed by atoms with E-state index in [2.05, 4.69) is 12.0 Å². The Morgan fingerprint density at radius 3 is 2.81 bits per heavy atom. The number of aliphatic carboxylic acids is 1. The van der Waals surface area contributed by atoms with Crippen LogP contribution < -0.4 is 0 Å². The number of aryl methyl sites for hydroxylation is 1. The Kier molecular flexibility index (Phi) is 3.27. The van der Waals surface area contributed by atoms with E-state index in [0.717, 1.165) is 12.1 Å². The second-order valence-corrected chi connectivity index (χ2v) is 4.42. The minimum atomic E-state index is -0.769. The van der Waals surface area contributed by atoms with Crippen molar-refractivity contribution >= 4 is 5.97 Å². The minimum absolute atomic E-state index is 0.103. The van der Waals surface area contributed by atoms with Crippen LogP contribution in [0.4, 0.5) is 0 Å². The number of hydrogen-bond donors (Lipinski definition) is 1. The van der Waals surface area contributed by atoms with E-state index >= 15 is 0 Å². The number of carbonyl (C=O) groups is 1. The van der Waals surface area contributed by atoms with Crippen LogP contribution in [0.25, 0.3) is 0 Å². The number of carboxylic acid groups (broad SMARTS) is 1. The molecule has 1 aromatic heterocycles. The molecule has 1 heterocycles. The molecular weight excluding hydrogens is 204 g/mol. The summed E-state index contributed by atoms with van der Waals surface area (Å²) >= 11 is 0. The second kappa shape index (κ2) is 4.68. The lowest BCUT2D eigenvalue weighted by Gasteiger charge is -2.13. The van der Waals surface area contributed by atoms with Gasteiger partial charge in [-0.05, 0) is 19.8 Å². The Morgan fingerprint density at radius 1 is 1.56 bits per heavy atom. The molecule has 1 N–H and O–H groups in total. The fourth-order valence-electron chi connectivity index (χ4n) is 2.66. The molecule has 0 spiro atoms. The summed E-state index contributed by atoms with van der Waals surface area (Å²) in [6, 6.07) is 0. The van der Waals surface area contributed by atoms with Crippen molar-refractivity contribution in [2.45, 2.75) is 51.5 Å². The predicted molar refractivity (Wildman–Crippen MR) is 60.4 cm³/mol. The summed E-state index contributed by atoms with van der Waals surface area (Å²) in [6.07, 6.45) is 6.70. The van der Waals surface area contributed by atoms with Crippen molar-refractivity contribution in [3.63, 3.8) is 0 Å². The Balaban J connectivity index is 2.29. The van der Waals surface area contributed by atoms with Gasteiger partial charge in [0.05, 0.1) is 12.6 Å². The van der Waals surface area contributed by atoms with Crippen molar-refractivity contribution in [3.05, 3.63) is 17.5 Å². The summed E-state index contributed by atoms with van der Waals surface area (Å²) in [5.74, 6) is -0.244. The summed E-state index contributed by atoms with van der Waals surface area (Å²) in [5.41, 5.74) is 2.07. The van der Waals surface area contributed by atoms with Gasteiger partial charge in [-0.15, -0.1) is 0 Å². The van der Waals surface area contributed by atoms with Crippen LogP contribution >= 0.6 is 0 Å². The van der Waals surface area contributed by atoms with Gasteiger partial charge in [-0.3, -0.25) is 9.48 Å². The van der Waals surface area contributed by atoms with Crippen molar-refractivity contribution in [1.82, 2.24) is 9.78 Å². The molecule has 0 saturated heterocycles. The van der Waals surface area contributed by atoms with Crippen LogP contribution in [-0.4, -0.2) is 20.9 Å². The van der Waals surface area contributed by atoms with Crippen molar-refractivity contribution in [2.75, 3.05) is 0 Å². The first-order chi connectivity index (χ1) is 7.72. The molecule has 4 nitrogen and oxygen atoms in total. The van der Waals surface area contributed by atoms with Crippen molar-refractivity contribution < 1.29 is 9.90 Å². The van der Waals surface area contributed by atoms with E-state index in [9.17, 15) is 4.79 Å². The monoisotopic (exact) mass is 222 g/mol. The van der Waals surface area contributed by atoms with E-state index < -0.39 is 5.97 Å². The zero-order chi connectivity index (χ0) is 11.5. The lowest BCUT2D eigenvalue weighted by atomic mass is 9.98. The number of aromatic nitrogens is 2. The van der Waals surface area contributed by atoms with Gasteiger partial charge in [-0.25, -0.2) is 0 Å². The van der Waals surface area contributed by atoms with Gasteiger partial charge in [0.1, 0.15) is 0 Å². The van der Waals surface area contributed by atoms with Crippen LogP contribution in [0, 0.1) is 0 Å². The molecule has 2 rings (SSSR count). The SMILES string of the molecule is CCn1ncc(CC(=O)O)c1C1CCCC1. The van der Waals surface area contributed by atoms with Gasteiger partial charge in [0.25, 0.3) is 0 Å². The van der Waals surface area contributed by atoms with E-state index in [1.807, 2.05) is 4.68 Å². The highest BCUT2D eigenvalue weighted by molar-refractivity contribution is 5.70. The highest BCUT2D eigenvalue weighted by atomic mass is 16.4. The third-order valence-corrected chi connectivity index (χ3v) is 3.34. The van der Waals surface area contributed by atoms with Crippen LogP contribution in [0.1, 0.15) is 49.8 Å². The molecule has 1 aromatic rings. The zero-order valence-electron chi connectivity index (χ0n) is 9.65. The van der Waals surface area contributed by atoms with E-state index in [1.165, 1.54) is 31.4 Å². The zero-order valence-corrected chi connectivity index (χ0v) is 9.65. The minimum Gasteiger partial charge on any atom is -0.481 e. The number of rotatable bonds is 4. The maximum Gasteiger partial charge on any atom is 0.307 e. The first-order valence-corrected chi connectivity index (χ1v) is 5.98. The van der Waals surface area contributed by atoms with Gasteiger partial charge in [-0.1, -0.05) is 12.8 Å².